The lowest BCUT2D eigenvalue weighted by atomic mass is 9.60. The molecule has 0 spiro atoms. The molecule has 7 aromatic rings. The first kappa shape index (κ1) is 33.9. The monoisotopic (exact) mass is 676 g/mol. The van der Waals surface area contributed by atoms with Crippen LogP contribution in [0.15, 0.2) is 152 Å². The van der Waals surface area contributed by atoms with Gasteiger partial charge < -0.3 is 0 Å². The summed E-state index contributed by atoms with van der Waals surface area (Å²) in [6.45, 7) is 11.9. The van der Waals surface area contributed by atoms with Gasteiger partial charge in [-0.1, -0.05) is 124 Å². The summed E-state index contributed by atoms with van der Waals surface area (Å²) in [6.07, 6.45) is 7.97. The van der Waals surface area contributed by atoms with Crippen LogP contribution in [0.3, 0.4) is 0 Å². The van der Waals surface area contributed by atoms with Gasteiger partial charge in [-0.05, 0) is 129 Å². The van der Waals surface area contributed by atoms with E-state index in [-0.39, 0.29) is 11.0 Å². The van der Waals surface area contributed by atoms with Gasteiger partial charge in [-0.25, -0.2) is 0 Å². The van der Waals surface area contributed by atoms with E-state index in [9.17, 15) is 0 Å². The molecule has 52 heavy (non-hydrogen) atoms. The smallest absolute Gasteiger partial charge is 0.192 e. The van der Waals surface area contributed by atoms with Crippen LogP contribution in [0.25, 0.3) is 66.5 Å². The molecule has 8 rings (SSSR count). The highest BCUT2D eigenvalue weighted by Gasteiger charge is 2.56. The van der Waals surface area contributed by atoms with Crippen LogP contribution in [0.2, 0.25) is 0 Å². The maximum absolute atomic E-state index is 2.55. The molecule has 0 N–H and O–H groups in total. The Bertz CT molecular complexity index is 2410. The van der Waals surface area contributed by atoms with Gasteiger partial charge in [-0.3, -0.25) is 0 Å². The number of unbranched alkanes of at least 4 members (excludes halogenated alkanes) is 1. The summed E-state index contributed by atoms with van der Waals surface area (Å²) in [5.41, 5.74) is 15.5. The SMILES string of the molecule is CCCCc1cccc(-c2cc(-c3cccc(-c4ccc5c(c4)-c4cccc[n+]4C(C)(CC)C5(C)CC)c3)cc(-c3cccc4ccccc34)c2)c1. The Hall–Kier alpha value is -5.27. The zero-order valence-electron chi connectivity index (χ0n) is 31.4. The van der Waals surface area contributed by atoms with E-state index in [1.165, 1.54) is 90.5 Å². The highest BCUT2D eigenvalue weighted by molar-refractivity contribution is 5.98. The van der Waals surface area contributed by atoms with Crippen molar-refractivity contribution >= 4 is 10.8 Å². The van der Waals surface area contributed by atoms with Crippen LogP contribution in [-0.4, -0.2) is 0 Å². The minimum Gasteiger partial charge on any atom is -0.192 e. The van der Waals surface area contributed by atoms with Crippen LogP contribution in [0, 0.1) is 0 Å². The predicted molar refractivity (Wildman–Crippen MR) is 222 cm³/mol. The summed E-state index contributed by atoms with van der Waals surface area (Å²) >= 11 is 0. The molecule has 0 fully saturated rings. The molecular weight excluding hydrogens is 627 g/mol. The highest BCUT2D eigenvalue weighted by Crippen LogP contribution is 2.50. The van der Waals surface area contributed by atoms with E-state index in [1.54, 1.807) is 0 Å². The number of fused-ring (bicyclic) bond motifs is 4. The van der Waals surface area contributed by atoms with E-state index in [0.717, 1.165) is 19.3 Å². The number of aromatic nitrogens is 1. The maximum Gasteiger partial charge on any atom is 0.213 e. The van der Waals surface area contributed by atoms with Gasteiger partial charge >= 0.3 is 0 Å². The van der Waals surface area contributed by atoms with Crippen molar-refractivity contribution in [2.45, 2.75) is 77.7 Å². The van der Waals surface area contributed by atoms with Crippen LogP contribution in [0.5, 0.6) is 0 Å². The second-order valence-electron chi connectivity index (χ2n) is 15.2. The molecule has 0 saturated carbocycles. The van der Waals surface area contributed by atoms with Crippen molar-refractivity contribution in [3.63, 3.8) is 0 Å². The van der Waals surface area contributed by atoms with Gasteiger partial charge in [0.1, 0.15) is 0 Å². The summed E-state index contributed by atoms with van der Waals surface area (Å²) in [7, 11) is 0. The van der Waals surface area contributed by atoms with Gasteiger partial charge in [0, 0.05) is 25.5 Å². The fourth-order valence-corrected chi connectivity index (χ4v) is 8.96. The number of nitrogens with zero attached hydrogens (tertiary/aromatic N) is 1. The molecule has 0 radical (unpaired) electrons. The van der Waals surface area contributed by atoms with Gasteiger partial charge in [0.15, 0.2) is 11.7 Å². The molecule has 1 heteroatoms. The summed E-state index contributed by atoms with van der Waals surface area (Å²) in [5.74, 6) is 0. The van der Waals surface area contributed by atoms with E-state index in [0.29, 0.717) is 0 Å². The molecule has 0 amide bonds. The van der Waals surface area contributed by atoms with Crippen molar-refractivity contribution in [1.82, 2.24) is 0 Å². The maximum atomic E-state index is 2.55. The molecule has 1 aromatic heterocycles. The second-order valence-corrected chi connectivity index (χ2v) is 15.2. The Balaban J connectivity index is 1.27. The molecule has 2 heterocycles. The average molecular weight is 677 g/mol. The number of pyridine rings is 1. The molecule has 0 saturated heterocycles. The topological polar surface area (TPSA) is 3.88 Å². The molecule has 0 bridgehead atoms. The number of rotatable bonds is 9. The fraction of sp³-hybridized carbons (Fsp3) is 0.235. The van der Waals surface area contributed by atoms with Gasteiger partial charge in [0.25, 0.3) is 0 Å². The lowest BCUT2D eigenvalue weighted by Crippen LogP contribution is -2.67. The van der Waals surface area contributed by atoms with Gasteiger partial charge in [0.2, 0.25) is 5.69 Å². The number of aryl methyl sites for hydroxylation is 1. The Labute approximate surface area is 310 Å². The van der Waals surface area contributed by atoms with E-state index < -0.39 is 0 Å². The van der Waals surface area contributed by atoms with E-state index in [2.05, 4.69) is 191 Å². The summed E-state index contributed by atoms with van der Waals surface area (Å²) < 4.78 is 2.55. The van der Waals surface area contributed by atoms with E-state index in [4.69, 9.17) is 0 Å². The van der Waals surface area contributed by atoms with Crippen molar-refractivity contribution in [2.75, 3.05) is 0 Å². The number of benzene rings is 6. The third-order valence-corrected chi connectivity index (χ3v) is 12.5. The van der Waals surface area contributed by atoms with Gasteiger partial charge in [-0.2, -0.15) is 4.57 Å². The largest absolute Gasteiger partial charge is 0.213 e. The first-order valence-corrected chi connectivity index (χ1v) is 19.4. The molecule has 1 nitrogen and oxygen atoms in total. The van der Waals surface area contributed by atoms with Crippen LogP contribution in [0.4, 0.5) is 0 Å². The quantitative estimate of drug-likeness (QED) is 0.134. The van der Waals surface area contributed by atoms with E-state index >= 15 is 0 Å². The first-order valence-electron chi connectivity index (χ1n) is 19.4. The molecule has 0 aliphatic carbocycles. The minimum atomic E-state index is -0.00486. The second kappa shape index (κ2) is 13.7. The molecule has 2 atom stereocenters. The standard InChI is InChI=1S/C51H50N/c1-6-9-17-36-18-14-21-38(30-36)42-32-43(34-44(33-42)46-25-16-20-37-19-10-11-24-45(37)46)40-23-15-22-39(31-40)41-27-28-48-47(35-41)49-26-12-13-29-52(49)51(5,8-3)50(48,4)7-2/h10-16,18-35H,6-9,17H2,1-5H3/q+1. The average Bonchev–Trinajstić information content (AvgIpc) is 3.21. The molecular formula is C51H50N+. The summed E-state index contributed by atoms with van der Waals surface area (Å²) in [4.78, 5) is 0. The van der Waals surface area contributed by atoms with Crippen LogP contribution >= 0.6 is 0 Å². The fourth-order valence-electron chi connectivity index (χ4n) is 8.96. The van der Waals surface area contributed by atoms with Crippen molar-refractivity contribution in [3.8, 4) is 55.8 Å². The lowest BCUT2D eigenvalue weighted by Gasteiger charge is -2.46. The van der Waals surface area contributed by atoms with E-state index in [1.807, 2.05) is 0 Å². The number of hydrogen-bond acceptors (Lipinski definition) is 0. The minimum absolute atomic E-state index is 0.00486. The number of hydrogen-bond donors (Lipinski definition) is 0. The Morgan fingerprint density at radius 1 is 0.500 bits per heavy atom. The molecule has 258 valence electrons. The molecule has 1 aliphatic rings. The van der Waals surface area contributed by atoms with Crippen LogP contribution in [-0.2, 0) is 17.4 Å². The zero-order valence-corrected chi connectivity index (χ0v) is 31.4. The third kappa shape index (κ3) is 5.68. The molecule has 6 aromatic carbocycles. The Morgan fingerprint density at radius 3 is 1.90 bits per heavy atom. The first-order chi connectivity index (χ1) is 25.4. The van der Waals surface area contributed by atoms with Crippen molar-refractivity contribution < 1.29 is 4.57 Å². The Morgan fingerprint density at radius 2 is 1.13 bits per heavy atom. The molecule has 1 aliphatic heterocycles. The lowest BCUT2D eigenvalue weighted by molar-refractivity contribution is -0.765. The van der Waals surface area contributed by atoms with Crippen LogP contribution in [0.1, 0.15) is 71.4 Å². The highest BCUT2D eigenvalue weighted by atomic mass is 15.1. The summed E-state index contributed by atoms with van der Waals surface area (Å²) in [6, 6.07) is 54.9. The van der Waals surface area contributed by atoms with Crippen molar-refractivity contribution in [1.29, 1.82) is 0 Å². The predicted octanol–water partition coefficient (Wildman–Crippen LogP) is 13.6. The van der Waals surface area contributed by atoms with Crippen molar-refractivity contribution in [3.05, 3.63) is 163 Å². The zero-order chi connectivity index (χ0) is 35.9. The van der Waals surface area contributed by atoms with Crippen LogP contribution < -0.4 is 4.57 Å². The molecule has 2 unspecified atom stereocenters. The normalized spacial score (nSPS) is 17.9. The third-order valence-electron chi connectivity index (χ3n) is 12.5. The summed E-state index contributed by atoms with van der Waals surface area (Å²) in [5, 5.41) is 2.55. The van der Waals surface area contributed by atoms with Gasteiger partial charge in [0.05, 0.1) is 11.0 Å². The van der Waals surface area contributed by atoms with Crippen molar-refractivity contribution in [2.24, 2.45) is 0 Å². The Kier molecular flexibility index (Phi) is 8.92. The van der Waals surface area contributed by atoms with Gasteiger partial charge in [-0.15, -0.1) is 0 Å².